The second kappa shape index (κ2) is 32.3. The number of aliphatic hydroxyl groups is 2. The molecule has 0 aromatic heterocycles. The molecule has 0 heterocycles. The van der Waals surface area contributed by atoms with Crippen molar-refractivity contribution in [1.82, 2.24) is 26.6 Å². The Morgan fingerprint density at radius 2 is 1.15 bits per heavy atom. The molecule has 0 saturated heterocycles. The topological polar surface area (TPSA) is 351 Å². The summed E-state index contributed by atoms with van der Waals surface area (Å²) in [6.45, 7) is 15.1. The SMILES string of the molecule is CCCC[C@H](NC(=O)[C@H](Cc1ccccc1)NC(=O)CC(C)C)C(=O)N[C@@H](CC(C)C)C(O)CC(=O)N[C@@H](C)C(=O)NC(CC(C)C)C(O)CC(=O)O.NC(N)=NCCC[C@H](N)C(=O)O. The van der Waals surface area contributed by atoms with Gasteiger partial charge in [0.05, 0.1) is 37.1 Å². The first-order valence-corrected chi connectivity index (χ1v) is 22.5. The number of benzene rings is 1. The summed E-state index contributed by atoms with van der Waals surface area (Å²) in [6.07, 6.45) is 0.0460. The molecule has 1 rings (SSSR count). The highest BCUT2D eigenvalue weighted by molar-refractivity contribution is 5.92. The van der Waals surface area contributed by atoms with Crippen molar-refractivity contribution >= 4 is 47.4 Å². The first-order chi connectivity index (χ1) is 30.4. The summed E-state index contributed by atoms with van der Waals surface area (Å²) in [5.74, 6) is -4.69. The molecule has 5 amide bonds. The lowest BCUT2D eigenvalue weighted by Gasteiger charge is -2.29. The van der Waals surface area contributed by atoms with E-state index in [1.807, 2.05) is 78.8 Å². The van der Waals surface area contributed by atoms with E-state index in [1.165, 1.54) is 6.92 Å². The van der Waals surface area contributed by atoms with Crippen LogP contribution in [0.3, 0.4) is 0 Å². The van der Waals surface area contributed by atoms with Gasteiger partial charge in [-0.05, 0) is 62.3 Å². The van der Waals surface area contributed by atoms with Crippen LogP contribution in [0.4, 0.5) is 0 Å². The molecular weight excluding hydrogens is 843 g/mol. The number of nitrogens with two attached hydrogens (primary N) is 3. The molecule has 0 spiro atoms. The zero-order valence-corrected chi connectivity index (χ0v) is 39.5. The number of unbranched alkanes of at least 4 members (excludes halogenated alkanes) is 1. The molecule has 0 saturated carbocycles. The summed E-state index contributed by atoms with van der Waals surface area (Å²) in [6, 6.07) is 3.73. The molecule has 65 heavy (non-hydrogen) atoms. The number of aliphatic carboxylic acids is 2. The van der Waals surface area contributed by atoms with Gasteiger partial charge in [0.1, 0.15) is 24.2 Å². The number of carbonyl (C=O) groups is 7. The monoisotopic (exact) mass is 922 g/mol. The van der Waals surface area contributed by atoms with Gasteiger partial charge in [-0.3, -0.25) is 38.6 Å². The molecule has 0 radical (unpaired) electrons. The van der Waals surface area contributed by atoms with Crippen molar-refractivity contribution in [3.05, 3.63) is 35.9 Å². The second-order valence-electron chi connectivity index (χ2n) is 17.7. The molecule has 0 bridgehead atoms. The van der Waals surface area contributed by atoms with E-state index in [-0.39, 0.29) is 42.5 Å². The Hall–Kier alpha value is -5.34. The van der Waals surface area contributed by atoms with Crippen molar-refractivity contribution in [1.29, 1.82) is 0 Å². The van der Waals surface area contributed by atoms with Gasteiger partial charge in [0.25, 0.3) is 0 Å². The van der Waals surface area contributed by atoms with E-state index in [2.05, 4.69) is 31.6 Å². The first-order valence-electron chi connectivity index (χ1n) is 22.5. The lowest BCUT2D eigenvalue weighted by atomic mass is 9.96. The van der Waals surface area contributed by atoms with Crippen LogP contribution in [0.2, 0.25) is 0 Å². The zero-order chi connectivity index (χ0) is 49.8. The lowest BCUT2D eigenvalue weighted by Crippen LogP contribution is -2.57. The molecule has 8 atom stereocenters. The number of guanidine groups is 1. The number of hydrogen-bond donors (Lipinski definition) is 12. The number of carbonyl (C=O) groups excluding carboxylic acids is 5. The summed E-state index contributed by atoms with van der Waals surface area (Å²) < 4.78 is 0. The van der Waals surface area contributed by atoms with Crippen molar-refractivity contribution in [3.8, 4) is 0 Å². The van der Waals surface area contributed by atoms with Crippen molar-refractivity contribution in [3.63, 3.8) is 0 Å². The third kappa shape index (κ3) is 28.2. The van der Waals surface area contributed by atoms with Gasteiger partial charge in [0.2, 0.25) is 29.5 Å². The number of aliphatic hydroxyl groups excluding tert-OH is 2. The number of hydrogen-bond acceptors (Lipinski definition) is 11. The second-order valence-corrected chi connectivity index (χ2v) is 17.7. The lowest BCUT2D eigenvalue weighted by molar-refractivity contribution is -0.140. The maximum absolute atomic E-state index is 13.7. The van der Waals surface area contributed by atoms with Crippen LogP contribution in [0.1, 0.15) is 125 Å². The molecule has 370 valence electrons. The summed E-state index contributed by atoms with van der Waals surface area (Å²) in [4.78, 5) is 91.1. The molecule has 0 aliphatic heterocycles. The Labute approximate surface area is 384 Å². The third-order valence-electron chi connectivity index (χ3n) is 9.88. The predicted octanol–water partition coefficient (Wildman–Crippen LogP) is 1.04. The van der Waals surface area contributed by atoms with E-state index in [1.54, 1.807) is 0 Å². The van der Waals surface area contributed by atoms with Crippen molar-refractivity contribution in [2.75, 3.05) is 6.54 Å². The number of nitrogens with one attached hydrogen (secondary N) is 5. The van der Waals surface area contributed by atoms with Crippen LogP contribution in [-0.2, 0) is 40.0 Å². The van der Waals surface area contributed by atoms with Crippen LogP contribution in [0, 0.1) is 17.8 Å². The molecule has 1 aromatic rings. The molecule has 20 nitrogen and oxygen atoms in total. The number of rotatable bonds is 30. The van der Waals surface area contributed by atoms with E-state index in [9.17, 15) is 43.8 Å². The Morgan fingerprint density at radius 1 is 0.631 bits per heavy atom. The maximum Gasteiger partial charge on any atom is 0.320 e. The van der Waals surface area contributed by atoms with Crippen molar-refractivity contribution in [2.45, 2.75) is 174 Å². The first kappa shape index (κ1) is 59.7. The van der Waals surface area contributed by atoms with E-state index >= 15 is 0 Å². The average molecular weight is 922 g/mol. The molecule has 0 aliphatic rings. The van der Waals surface area contributed by atoms with Gasteiger partial charge < -0.3 is 64.2 Å². The summed E-state index contributed by atoms with van der Waals surface area (Å²) in [5, 5.41) is 52.7. The van der Waals surface area contributed by atoms with Gasteiger partial charge in [-0.25, -0.2) is 0 Å². The van der Waals surface area contributed by atoms with Crippen LogP contribution in [-0.4, -0.2) is 123 Å². The van der Waals surface area contributed by atoms with E-state index in [0.717, 1.165) is 12.0 Å². The van der Waals surface area contributed by atoms with Crippen LogP contribution < -0.4 is 43.8 Å². The standard InChI is InChI=1S/C39H65N5O9.C6H14N4O2/c1-9-10-16-28(42-39(53)31(41-34(47)19-25(6)7)20-27-14-12-11-13-15-27)38(52)44-29(17-23(2)3)32(45)21-35(48)40-26(8)37(51)43-30(18-24(4)5)33(46)22-36(49)50;7-4(5(11)12)2-1-3-10-6(8)9/h11-15,23-26,28-33,45-46H,9-10,16-22H2,1-8H3,(H,40,48)(H,41,47)(H,42,53)(H,43,51)(H,44,52)(H,49,50);4H,1-3,7H2,(H,11,12)(H4,8,9,10)/t26-,28-,29-,30?,31-,32?,33?;4-/m00/s1. The van der Waals surface area contributed by atoms with Gasteiger partial charge >= 0.3 is 11.9 Å². The van der Waals surface area contributed by atoms with E-state index in [4.69, 9.17) is 27.4 Å². The molecule has 0 aliphatic carbocycles. The van der Waals surface area contributed by atoms with Crippen LogP contribution in [0.15, 0.2) is 35.3 Å². The largest absolute Gasteiger partial charge is 0.481 e. The quantitative estimate of drug-likeness (QED) is 0.0292. The minimum Gasteiger partial charge on any atom is -0.481 e. The fraction of sp³-hybridized carbons (Fsp3) is 0.689. The fourth-order valence-electron chi connectivity index (χ4n) is 6.53. The molecule has 3 unspecified atom stereocenters. The van der Waals surface area contributed by atoms with Gasteiger partial charge in [0.15, 0.2) is 5.96 Å². The number of nitrogens with zero attached hydrogens (tertiary/aromatic N) is 1. The minimum absolute atomic E-state index is 0.00735. The van der Waals surface area contributed by atoms with E-state index in [0.29, 0.717) is 45.1 Å². The van der Waals surface area contributed by atoms with Gasteiger partial charge in [0, 0.05) is 19.4 Å². The van der Waals surface area contributed by atoms with Gasteiger partial charge in [-0.2, -0.15) is 0 Å². The van der Waals surface area contributed by atoms with Crippen molar-refractivity contribution < 1.29 is 54.0 Å². The Bertz CT molecular complexity index is 1640. The van der Waals surface area contributed by atoms with Gasteiger partial charge in [-0.1, -0.05) is 91.6 Å². The normalized spacial score (nSPS) is 14.8. The van der Waals surface area contributed by atoms with E-state index < -0.39 is 96.9 Å². The summed E-state index contributed by atoms with van der Waals surface area (Å²) in [7, 11) is 0. The fourth-order valence-corrected chi connectivity index (χ4v) is 6.53. The molecule has 1 aromatic carbocycles. The molecule has 0 fully saturated rings. The maximum atomic E-state index is 13.7. The van der Waals surface area contributed by atoms with Crippen LogP contribution in [0.5, 0.6) is 0 Å². The number of carboxylic acid groups (broad SMARTS) is 2. The zero-order valence-electron chi connectivity index (χ0n) is 39.5. The summed E-state index contributed by atoms with van der Waals surface area (Å²) >= 11 is 0. The Balaban J connectivity index is 0.00000296. The molecule has 20 heteroatoms. The number of carboxylic acids is 2. The third-order valence-corrected chi connectivity index (χ3v) is 9.88. The average Bonchev–Trinajstić information content (AvgIpc) is 3.19. The molecule has 15 N–H and O–H groups in total. The van der Waals surface area contributed by atoms with Gasteiger partial charge in [-0.15, -0.1) is 0 Å². The smallest absolute Gasteiger partial charge is 0.320 e. The van der Waals surface area contributed by atoms with Crippen LogP contribution in [0.25, 0.3) is 0 Å². The Morgan fingerprint density at radius 3 is 1.65 bits per heavy atom. The molecular formula is C45H79N9O11. The highest BCUT2D eigenvalue weighted by Crippen LogP contribution is 2.15. The highest BCUT2D eigenvalue weighted by Gasteiger charge is 2.32. The van der Waals surface area contributed by atoms with Crippen LogP contribution >= 0.6 is 0 Å². The number of amides is 5. The Kier molecular flexibility index (Phi) is 29.7. The highest BCUT2D eigenvalue weighted by atomic mass is 16.4. The van der Waals surface area contributed by atoms with Crippen molar-refractivity contribution in [2.24, 2.45) is 39.9 Å². The summed E-state index contributed by atoms with van der Waals surface area (Å²) in [5.41, 5.74) is 16.2. The minimum atomic E-state index is -1.34. The number of aliphatic imine (C=N–C) groups is 1. The predicted molar refractivity (Wildman–Crippen MR) is 248 cm³/mol.